The number of nitrogens with zero attached hydrogens (tertiary/aromatic N) is 3. The highest BCUT2D eigenvalue weighted by molar-refractivity contribution is 5.89. The summed E-state index contributed by atoms with van der Waals surface area (Å²) in [6, 6.07) is 7.74. The van der Waals surface area contributed by atoms with E-state index in [1.165, 1.54) is 31.2 Å². The molecule has 1 atom stereocenters. The van der Waals surface area contributed by atoms with Crippen LogP contribution >= 0.6 is 0 Å². The van der Waals surface area contributed by atoms with Gasteiger partial charge >= 0.3 is 5.97 Å². The summed E-state index contributed by atoms with van der Waals surface area (Å²) >= 11 is 0. The van der Waals surface area contributed by atoms with Gasteiger partial charge in [0.05, 0.1) is 10.5 Å². The van der Waals surface area contributed by atoms with Gasteiger partial charge in [-0.2, -0.15) is 0 Å². The van der Waals surface area contributed by atoms with Crippen molar-refractivity contribution in [3.63, 3.8) is 0 Å². The maximum Gasteiger partial charge on any atom is 0.339 e. The summed E-state index contributed by atoms with van der Waals surface area (Å²) in [4.78, 5) is 22.1. The number of benzene rings is 2. The van der Waals surface area contributed by atoms with E-state index >= 15 is 0 Å². The maximum absolute atomic E-state index is 13.2. The summed E-state index contributed by atoms with van der Waals surface area (Å²) in [5.41, 5.74) is 0.0441. The summed E-state index contributed by atoms with van der Waals surface area (Å²) in [6.45, 7) is 1.45. The molecule has 0 saturated heterocycles. The Balaban J connectivity index is 1.73. The third-order valence-corrected chi connectivity index (χ3v) is 3.50. The van der Waals surface area contributed by atoms with Gasteiger partial charge in [-0.15, -0.1) is 10.2 Å². The van der Waals surface area contributed by atoms with E-state index in [4.69, 9.17) is 9.15 Å². The first-order chi connectivity index (χ1) is 12.8. The molecule has 27 heavy (non-hydrogen) atoms. The molecule has 10 heteroatoms. The van der Waals surface area contributed by atoms with Crippen LogP contribution in [0.2, 0.25) is 0 Å². The Kier molecular flexibility index (Phi) is 4.88. The molecule has 0 bridgehead atoms. The number of aromatic nitrogens is 2. The molecule has 8 nitrogen and oxygen atoms in total. The molecule has 1 aromatic heterocycles. The molecule has 0 saturated carbocycles. The van der Waals surface area contributed by atoms with E-state index in [9.17, 15) is 23.7 Å². The number of hydrogen-bond donors (Lipinski definition) is 0. The highest BCUT2D eigenvalue weighted by Crippen LogP contribution is 2.25. The van der Waals surface area contributed by atoms with Crippen molar-refractivity contribution in [1.29, 1.82) is 0 Å². The van der Waals surface area contributed by atoms with E-state index in [2.05, 4.69) is 10.2 Å². The number of non-ortho nitro benzene ring substituents is 1. The normalized spacial score (nSPS) is 11.8. The van der Waals surface area contributed by atoms with Gasteiger partial charge in [0.1, 0.15) is 11.6 Å². The second kappa shape index (κ2) is 7.28. The third-order valence-electron chi connectivity index (χ3n) is 3.50. The molecule has 3 aromatic rings. The van der Waals surface area contributed by atoms with E-state index in [1.807, 2.05) is 0 Å². The van der Waals surface area contributed by atoms with Crippen LogP contribution in [-0.2, 0) is 4.74 Å². The molecule has 3 rings (SSSR count). The van der Waals surface area contributed by atoms with Gasteiger partial charge in [-0.25, -0.2) is 13.6 Å². The van der Waals surface area contributed by atoms with Gasteiger partial charge < -0.3 is 9.15 Å². The fourth-order valence-corrected chi connectivity index (χ4v) is 2.19. The summed E-state index contributed by atoms with van der Waals surface area (Å²) < 4.78 is 36.8. The number of hydrogen-bond acceptors (Lipinski definition) is 7. The third kappa shape index (κ3) is 4.11. The smallest absolute Gasteiger partial charge is 0.339 e. The highest BCUT2D eigenvalue weighted by atomic mass is 19.1. The lowest BCUT2D eigenvalue weighted by atomic mass is 10.2. The van der Waals surface area contributed by atoms with Gasteiger partial charge in [-0.05, 0) is 31.2 Å². The van der Waals surface area contributed by atoms with Crippen LogP contribution in [0.15, 0.2) is 46.9 Å². The van der Waals surface area contributed by atoms with Crippen LogP contribution in [0.4, 0.5) is 14.5 Å². The Hall–Kier alpha value is -3.69. The minimum absolute atomic E-state index is 0.0476. The van der Waals surface area contributed by atoms with E-state index < -0.39 is 28.6 Å². The van der Waals surface area contributed by atoms with Crippen molar-refractivity contribution in [2.24, 2.45) is 0 Å². The number of nitro groups is 1. The number of ether oxygens (including phenoxy) is 1. The topological polar surface area (TPSA) is 108 Å². The minimum atomic E-state index is -0.983. The van der Waals surface area contributed by atoms with Crippen LogP contribution in [0.1, 0.15) is 29.3 Å². The van der Waals surface area contributed by atoms with Crippen LogP contribution in [0.25, 0.3) is 11.5 Å². The summed E-state index contributed by atoms with van der Waals surface area (Å²) in [5, 5.41) is 18.2. The van der Waals surface area contributed by atoms with Crippen molar-refractivity contribution in [3.05, 3.63) is 75.7 Å². The second-order valence-electron chi connectivity index (χ2n) is 5.46. The van der Waals surface area contributed by atoms with Crippen molar-refractivity contribution in [3.8, 4) is 11.5 Å². The van der Waals surface area contributed by atoms with Crippen molar-refractivity contribution in [2.75, 3.05) is 0 Å². The zero-order chi connectivity index (χ0) is 19.6. The Bertz CT molecular complexity index is 984. The van der Waals surface area contributed by atoms with Crippen LogP contribution < -0.4 is 0 Å². The van der Waals surface area contributed by atoms with Crippen molar-refractivity contribution >= 4 is 11.7 Å². The molecular formula is C17H11F2N3O5. The van der Waals surface area contributed by atoms with Gasteiger partial charge in [0.15, 0.2) is 6.10 Å². The summed E-state index contributed by atoms with van der Waals surface area (Å²) in [5.74, 6) is -2.76. The predicted molar refractivity (Wildman–Crippen MR) is 86.6 cm³/mol. The number of rotatable bonds is 5. The molecule has 0 amide bonds. The lowest BCUT2D eigenvalue weighted by Gasteiger charge is -2.09. The molecule has 0 radical (unpaired) electrons. The molecule has 0 aliphatic carbocycles. The Morgan fingerprint density at radius 1 is 1.15 bits per heavy atom. The maximum atomic E-state index is 13.2. The number of halogens is 2. The largest absolute Gasteiger partial charge is 0.449 e. The van der Waals surface area contributed by atoms with Crippen molar-refractivity contribution in [2.45, 2.75) is 13.0 Å². The molecule has 0 fully saturated rings. The standard InChI is InChI=1S/C17H11F2N3O5/c1-9(26-17(23)11-6-12(18)8-13(19)7-11)15-20-21-16(27-15)10-2-4-14(5-3-10)22(24)25/h2-9H,1H3/t9-/m0/s1. The predicted octanol–water partition coefficient (Wildman–Crippen LogP) is 3.84. The Morgan fingerprint density at radius 3 is 2.37 bits per heavy atom. The lowest BCUT2D eigenvalue weighted by Crippen LogP contribution is -2.10. The SMILES string of the molecule is C[C@H](OC(=O)c1cc(F)cc(F)c1)c1nnc(-c2ccc([N+](=O)[O-])cc2)o1. The zero-order valence-electron chi connectivity index (χ0n) is 13.8. The molecule has 1 heterocycles. The molecule has 2 aromatic carbocycles. The number of nitro benzene ring substituents is 1. The lowest BCUT2D eigenvalue weighted by molar-refractivity contribution is -0.384. The van der Waals surface area contributed by atoms with Crippen LogP contribution in [0.5, 0.6) is 0 Å². The minimum Gasteiger partial charge on any atom is -0.449 e. The second-order valence-corrected chi connectivity index (χ2v) is 5.46. The summed E-state index contributed by atoms with van der Waals surface area (Å²) in [6.07, 6.45) is -0.983. The first-order valence-corrected chi connectivity index (χ1v) is 7.59. The molecule has 0 aliphatic heterocycles. The van der Waals surface area contributed by atoms with Gasteiger partial charge in [-0.3, -0.25) is 10.1 Å². The fraction of sp³-hybridized carbons (Fsp3) is 0.118. The van der Waals surface area contributed by atoms with E-state index in [-0.39, 0.29) is 23.0 Å². The molecule has 0 spiro atoms. The molecular weight excluding hydrogens is 364 g/mol. The molecule has 0 unspecified atom stereocenters. The summed E-state index contributed by atoms with van der Waals surface area (Å²) in [7, 11) is 0. The first kappa shape index (κ1) is 18.1. The average Bonchev–Trinajstić information content (AvgIpc) is 3.11. The zero-order valence-corrected chi connectivity index (χ0v) is 13.8. The molecule has 0 aliphatic rings. The quantitative estimate of drug-likeness (QED) is 0.379. The van der Waals surface area contributed by atoms with Crippen LogP contribution in [0, 0.1) is 21.7 Å². The van der Waals surface area contributed by atoms with Gasteiger partial charge in [-0.1, -0.05) is 0 Å². The van der Waals surface area contributed by atoms with Gasteiger partial charge in [0.25, 0.3) is 11.6 Å². The monoisotopic (exact) mass is 375 g/mol. The number of carbonyl (C=O) groups excluding carboxylic acids is 1. The Labute approximate surface area is 150 Å². The number of carbonyl (C=O) groups is 1. The van der Waals surface area contributed by atoms with Crippen molar-refractivity contribution in [1.82, 2.24) is 10.2 Å². The highest BCUT2D eigenvalue weighted by Gasteiger charge is 2.21. The first-order valence-electron chi connectivity index (χ1n) is 7.59. The van der Waals surface area contributed by atoms with Crippen LogP contribution in [0.3, 0.4) is 0 Å². The fourth-order valence-electron chi connectivity index (χ4n) is 2.19. The van der Waals surface area contributed by atoms with E-state index in [0.717, 1.165) is 12.1 Å². The van der Waals surface area contributed by atoms with Crippen molar-refractivity contribution < 1.29 is 27.7 Å². The molecule has 0 N–H and O–H groups in total. The molecule has 138 valence electrons. The number of esters is 1. The Morgan fingerprint density at radius 2 is 1.78 bits per heavy atom. The van der Waals surface area contributed by atoms with E-state index in [0.29, 0.717) is 11.6 Å². The average molecular weight is 375 g/mol. The van der Waals surface area contributed by atoms with Crippen LogP contribution in [-0.4, -0.2) is 21.1 Å². The van der Waals surface area contributed by atoms with Gasteiger partial charge in [0, 0.05) is 23.8 Å². The van der Waals surface area contributed by atoms with E-state index in [1.54, 1.807) is 0 Å². The van der Waals surface area contributed by atoms with Gasteiger partial charge in [0.2, 0.25) is 5.89 Å².